The summed E-state index contributed by atoms with van der Waals surface area (Å²) in [6, 6.07) is 0. The van der Waals surface area contributed by atoms with Crippen LogP contribution in [0, 0.1) is 17.8 Å². The van der Waals surface area contributed by atoms with Gasteiger partial charge in [-0.25, -0.2) is 4.39 Å². The standard InChI is InChI=1S/C19H31ClFNO2/c1-19(15-6-5-13(20)11-16(15)21)23-17-4-2-3-14(18(17)24-19)12-7-9-22-10-8-12/h12-18,22H,2-11H2,1H3/t13?,14?,15?,16?,17?,18?,19-/m0/s1. The van der Waals surface area contributed by atoms with Crippen LogP contribution in [0.25, 0.3) is 0 Å². The molecule has 0 spiro atoms. The van der Waals surface area contributed by atoms with Crippen molar-refractivity contribution in [1.29, 1.82) is 0 Å². The fraction of sp³-hybridized carbons (Fsp3) is 1.00. The third-order valence-electron chi connectivity index (χ3n) is 6.94. The zero-order valence-electron chi connectivity index (χ0n) is 14.7. The number of ether oxygens (including phenoxy) is 2. The molecule has 0 aromatic rings. The first-order valence-corrected chi connectivity index (χ1v) is 10.3. The van der Waals surface area contributed by atoms with E-state index in [-0.39, 0.29) is 23.5 Å². The van der Waals surface area contributed by atoms with Crippen molar-refractivity contribution in [3.05, 3.63) is 0 Å². The Hall–Kier alpha value is 0.1000. The molecule has 0 amide bonds. The van der Waals surface area contributed by atoms with Gasteiger partial charge in [-0.2, -0.15) is 0 Å². The zero-order valence-corrected chi connectivity index (χ0v) is 15.4. The predicted octanol–water partition coefficient (Wildman–Crippen LogP) is 4.03. The number of nitrogens with one attached hydrogen (secondary N) is 1. The van der Waals surface area contributed by atoms with E-state index in [0.29, 0.717) is 12.3 Å². The molecule has 0 bridgehead atoms. The third-order valence-corrected chi connectivity index (χ3v) is 7.34. The molecule has 5 heteroatoms. The van der Waals surface area contributed by atoms with Crippen LogP contribution < -0.4 is 5.32 Å². The van der Waals surface area contributed by atoms with Crippen molar-refractivity contribution in [3.8, 4) is 0 Å². The summed E-state index contributed by atoms with van der Waals surface area (Å²) in [6.45, 7) is 4.21. The van der Waals surface area contributed by atoms with Crippen LogP contribution >= 0.6 is 11.6 Å². The summed E-state index contributed by atoms with van der Waals surface area (Å²) < 4.78 is 27.6. The zero-order chi connectivity index (χ0) is 16.7. The number of halogens is 2. The van der Waals surface area contributed by atoms with Gasteiger partial charge in [0.1, 0.15) is 6.17 Å². The number of hydrogen-bond acceptors (Lipinski definition) is 3. The molecule has 4 aliphatic rings. The maximum atomic E-state index is 14.7. The van der Waals surface area contributed by atoms with E-state index in [2.05, 4.69) is 5.32 Å². The van der Waals surface area contributed by atoms with Gasteiger partial charge < -0.3 is 14.8 Å². The summed E-state index contributed by atoms with van der Waals surface area (Å²) in [5.41, 5.74) is 0. The molecule has 3 nitrogen and oxygen atoms in total. The van der Waals surface area contributed by atoms with Crippen molar-refractivity contribution in [3.63, 3.8) is 0 Å². The van der Waals surface area contributed by atoms with Gasteiger partial charge in [0, 0.05) is 11.3 Å². The van der Waals surface area contributed by atoms with E-state index in [1.54, 1.807) is 0 Å². The summed E-state index contributed by atoms with van der Waals surface area (Å²) in [5.74, 6) is 0.369. The molecule has 4 rings (SSSR count). The summed E-state index contributed by atoms with van der Waals surface area (Å²) in [5, 5.41) is 3.42. The van der Waals surface area contributed by atoms with Crippen molar-refractivity contribution >= 4 is 11.6 Å². The number of alkyl halides is 2. The maximum Gasteiger partial charge on any atom is 0.172 e. The highest BCUT2D eigenvalue weighted by Gasteiger charge is 2.56. The molecule has 7 atom stereocenters. The lowest BCUT2D eigenvalue weighted by Crippen LogP contribution is -2.46. The highest BCUT2D eigenvalue weighted by atomic mass is 35.5. The predicted molar refractivity (Wildman–Crippen MR) is 93.0 cm³/mol. The Balaban J connectivity index is 1.48. The lowest BCUT2D eigenvalue weighted by atomic mass is 9.73. The Morgan fingerprint density at radius 1 is 1.04 bits per heavy atom. The minimum absolute atomic E-state index is 0.0361. The average Bonchev–Trinajstić information content (AvgIpc) is 2.92. The van der Waals surface area contributed by atoms with E-state index in [1.807, 2.05) is 6.92 Å². The van der Waals surface area contributed by atoms with E-state index >= 15 is 0 Å². The highest BCUT2D eigenvalue weighted by Crippen LogP contribution is 2.50. The minimum atomic E-state index is -0.913. The Kier molecular flexibility index (Phi) is 5.12. The summed E-state index contributed by atoms with van der Waals surface area (Å²) in [4.78, 5) is 0. The first kappa shape index (κ1) is 17.5. The maximum absolute atomic E-state index is 14.7. The van der Waals surface area contributed by atoms with Crippen LogP contribution in [0.1, 0.15) is 58.3 Å². The molecule has 4 fully saturated rings. The van der Waals surface area contributed by atoms with E-state index in [9.17, 15) is 4.39 Å². The largest absolute Gasteiger partial charge is 0.344 e. The molecule has 24 heavy (non-hydrogen) atoms. The van der Waals surface area contributed by atoms with Crippen LogP contribution in [0.15, 0.2) is 0 Å². The van der Waals surface area contributed by atoms with Crippen molar-refractivity contribution in [1.82, 2.24) is 5.32 Å². The van der Waals surface area contributed by atoms with Crippen LogP contribution in [-0.2, 0) is 9.47 Å². The second-order valence-electron chi connectivity index (χ2n) is 8.47. The van der Waals surface area contributed by atoms with E-state index in [1.165, 1.54) is 25.7 Å². The Labute approximate surface area is 150 Å². The first-order valence-electron chi connectivity index (χ1n) is 9.91. The normalized spacial score (nSPS) is 50.6. The Morgan fingerprint density at radius 3 is 2.58 bits per heavy atom. The Morgan fingerprint density at radius 2 is 1.83 bits per heavy atom. The molecule has 0 radical (unpaired) electrons. The molecule has 2 aliphatic carbocycles. The summed E-state index contributed by atoms with van der Waals surface area (Å²) in [6.07, 6.45) is 7.44. The van der Waals surface area contributed by atoms with Gasteiger partial charge in [-0.1, -0.05) is 6.42 Å². The van der Waals surface area contributed by atoms with Gasteiger partial charge in [-0.15, -0.1) is 11.6 Å². The van der Waals surface area contributed by atoms with Crippen LogP contribution in [0.4, 0.5) is 4.39 Å². The molecule has 2 saturated carbocycles. The topological polar surface area (TPSA) is 30.5 Å². The smallest absolute Gasteiger partial charge is 0.172 e. The van der Waals surface area contributed by atoms with Crippen LogP contribution in [0.2, 0.25) is 0 Å². The molecule has 0 aromatic carbocycles. The lowest BCUT2D eigenvalue weighted by Gasteiger charge is -2.40. The van der Waals surface area contributed by atoms with Crippen LogP contribution in [0.5, 0.6) is 0 Å². The summed E-state index contributed by atoms with van der Waals surface area (Å²) in [7, 11) is 0. The molecule has 2 aliphatic heterocycles. The molecule has 2 heterocycles. The fourth-order valence-electron chi connectivity index (χ4n) is 5.66. The van der Waals surface area contributed by atoms with E-state index < -0.39 is 12.0 Å². The quantitative estimate of drug-likeness (QED) is 0.755. The minimum Gasteiger partial charge on any atom is -0.344 e. The molecular weight excluding hydrogens is 329 g/mol. The van der Waals surface area contributed by atoms with Gasteiger partial charge in [0.2, 0.25) is 0 Å². The van der Waals surface area contributed by atoms with E-state index in [0.717, 1.165) is 38.3 Å². The third kappa shape index (κ3) is 3.24. The second-order valence-corrected chi connectivity index (χ2v) is 9.09. The number of hydrogen-bond donors (Lipinski definition) is 1. The second kappa shape index (κ2) is 7.02. The number of piperidine rings is 1. The van der Waals surface area contributed by atoms with Gasteiger partial charge in [0.25, 0.3) is 0 Å². The van der Waals surface area contributed by atoms with Crippen molar-refractivity contribution in [2.45, 2.75) is 87.8 Å². The SMILES string of the molecule is C[C@]1(C2CCC(Cl)CC2F)OC2CCCC(C3CCNCC3)C2O1. The van der Waals surface area contributed by atoms with Crippen molar-refractivity contribution in [2.24, 2.45) is 17.8 Å². The van der Waals surface area contributed by atoms with Gasteiger partial charge >= 0.3 is 0 Å². The van der Waals surface area contributed by atoms with Gasteiger partial charge in [0.15, 0.2) is 5.79 Å². The lowest BCUT2D eigenvalue weighted by molar-refractivity contribution is -0.219. The Bertz CT molecular complexity index is 447. The van der Waals surface area contributed by atoms with Crippen molar-refractivity contribution in [2.75, 3.05) is 13.1 Å². The van der Waals surface area contributed by atoms with Crippen LogP contribution in [0.3, 0.4) is 0 Å². The van der Waals surface area contributed by atoms with Gasteiger partial charge in [-0.05, 0) is 76.8 Å². The average molecular weight is 360 g/mol. The molecule has 138 valence electrons. The van der Waals surface area contributed by atoms with Crippen LogP contribution in [-0.4, -0.2) is 42.6 Å². The molecule has 2 saturated heterocycles. The molecule has 0 aromatic heterocycles. The number of rotatable bonds is 2. The summed E-state index contributed by atoms with van der Waals surface area (Å²) >= 11 is 6.15. The first-order chi connectivity index (χ1) is 11.6. The fourth-order valence-corrected chi connectivity index (χ4v) is 5.95. The van der Waals surface area contributed by atoms with Gasteiger partial charge in [-0.3, -0.25) is 0 Å². The highest BCUT2D eigenvalue weighted by molar-refractivity contribution is 6.20. The number of fused-ring (bicyclic) bond motifs is 1. The monoisotopic (exact) mass is 359 g/mol. The molecular formula is C19H31ClFNO2. The van der Waals surface area contributed by atoms with Crippen molar-refractivity contribution < 1.29 is 13.9 Å². The van der Waals surface area contributed by atoms with E-state index in [4.69, 9.17) is 21.1 Å². The van der Waals surface area contributed by atoms with Gasteiger partial charge in [0.05, 0.1) is 12.2 Å². The molecule has 1 N–H and O–H groups in total. The molecule has 6 unspecified atom stereocenters.